The number of benzene rings is 1. The zero-order valence-corrected chi connectivity index (χ0v) is 15.9. The monoisotopic (exact) mass is 377 g/mol. The van der Waals surface area contributed by atoms with Gasteiger partial charge in [0.05, 0.1) is 25.2 Å². The molecule has 0 aliphatic carbocycles. The number of thioether (sulfide) groups is 1. The van der Waals surface area contributed by atoms with Gasteiger partial charge in [-0.05, 0) is 31.2 Å². The Bertz CT molecular complexity index is 816. The van der Waals surface area contributed by atoms with Crippen LogP contribution in [-0.2, 0) is 16.9 Å². The molecular formula is C16H19N5O2S2. The van der Waals surface area contributed by atoms with Crippen molar-refractivity contribution in [2.75, 3.05) is 20.8 Å². The highest BCUT2D eigenvalue weighted by Gasteiger charge is 2.13. The number of aryl methyl sites for hydroxylation is 1. The predicted molar refractivity (Wildman–Crippen MR) is 97.7 cm³/mol. The third-order valence-electron chi connectivity index (χ3n) is 3.40. The first-order chi connectivity index (χ1) is 12.2. The molecule has 7 nitrogen and oxygen atoms in total. The Balaban J connectivity index is 1.84. The molecule has 2 aromatic heterocycles. The van der Waals surface area contributed by atoms with Crippen molar-refractivity contribution >= 4 is 23.1 Å². The third-order valence-corrected chi connectivity index (χ3v) is 5.37. The second-order valence-corrected chi connectivity index (χ2v) is 7.58. The van der Waals surface area contributed by atoms with Crippen LogP contribution in [0.25, 0.3) is 5.69 Å². The van der Waals surface area contributed by atoms with Crippen LogP contribution in [0.1, 0.15) is 16.7 Å². The summed E-state index contributed by atoms with van der Waals surface area (Å²) in [4.78, 5) is 4.66. The lowest BCUT2D eigenvalue weighted by Crippen LogP contribution is -2.02. The first kappa shape index (κ1) is 17.8. The van der Waals surface area contributed by atoms with Crippen molar-refractivity contribution in [2.45, 2.75) is 23.4 Å². The van der Waals surface area contributed by atoms with Gasteiger partial charge in [0, 0.05) is 13.5 Å². The van der Waals surface area contributed by atoms with E-state index in [0.717, 1.165) is 32.4 Å². The standard InChI is InChI=1S/C16H19N5O2S2/c1-11-18-19-16(25-11)24-10-15-17-14(8-9-22-2)20-21(15)12-4-6-13(23-3)7-5-12/h4-7H,8-10H2,1-3H3. The van der Waals surface area contributed by atoms with Crippen LogP contribution in [0.5, 0.6) is 5.75 Å². The van der Waals surface area contributed by atoms with Crippen molar-refractivity contribution in [1.82, 2.24) is 25.0 Å². The molecule has 0 radical (unpaired) electrons. The average Bonchev–Trinajstić information content (AvgIpc) is 3.24. The summed E-state index contributed by atoms with van der Waals surface area (Å²) in [5, 5.41) is 13.8. The Hall–Kier alpha value is -1.97. The number of methoxy groups -OCH3 is 2. The maximum Gasteiger partial charge on any atom is 0.174 e. The smallest absolute Gasteiger partial charge is 0.174 e. The summed E-state index contributed by atoms with van der Waals surface area (Å²) in [6.07, 6.45) is 0.676. The van der Waals surface area contributed by atoms with Crippen LogP contribution < -0.4 is 4.74 Å². The Morgan fingerprint density at radius 1 is 1.16 bits per heavy atom. The van der Waals surface area contributed by atoms with Gasteiger partial charge in [-0.1, -0.05) is 23.1 Å². The van der Waals surface area contributed by atoms with Gasteiger partial charge in [0.2, 0.25) is 0 Å². The lowest BCUT2D eigenvalue weighted by Gasteiger charge is -2.06. The van der Waals surface area contributed by atoms with Crippen molar-refractivity contribution in [3.8, 4) is 11.4 Å². The van der Waals surface area contributed by atoms with E-state index in [9.17, 15) is 0 Å². The van der Waals surface area contributed by atoms with Gasteiger partial charge in [-0.3, -0.25) is 0 Å². The summed E-state index contributed by atoms with van der Waals surface area (Å²) in [5.41, 5.74) is 0.945. The lowest BCUT2D eigenvalue weighted by atomic mass is 10.3. The van der Waals surface area contributed by atoms with Crippen LogP contribution >= 0.6 is 23.1 Å². The summed E-state index contributed by atoms with van der Waals surface area (Å²) in [6, 6.07) is 7.77. The largest absolute Gasteiger partial charge is 0.497 e. The molecule has 0 amide bonds. The highest BCUT2D eigenvalue weighted by Crippen LogP contribution is 2.26. The maximum atomic E-state index is 5.22. The molecule has 0 bridgehead atoms. The molecule has 0 spiro atoms. The van der Waals surface area contributed by atoms with E-state index < -0.39 is 0 Å². The van der Waals surface area contributed by atoms with Gasteiger partial charge < -0.3 is 9.47 Å². The first-order valence-corrected chi connectivity index (χ1v) is 9.51. The fraction of sp³-hybridized carbons (Fsp3) is 0.375. The molecule has 0 saturated heterocycles. The van der Waals surface area contributed by atoms with E-state index in [-0.39, 0.29) is 0 Å². The van der Waals surface area contributed by atoms with Crippen LogP contribution in [0.3, 0.4) is 0 Å². The van der Waals surface area contributed by atoms with E-state index in [0.29, 0.717) is 18.8 Å². The van der Waals surface area contributed by atoms with Gasteiger partial charge in [-0.2, -0.15) is 5.10 Å². The molecule has 0 atom stereocenters. The summed E-state index contributed by atoms with van der Waals surface area (Å²) < 4.78 is 13.2. The Labute approximate surface area is 154 Å². The summed E-state index contributed by atoms with van der Waals surface area (Å²) in [7, 11) is 3.33. The molecule has 0 aliphatic heterocycles. The van der Waals surface area contributed by atoms with Crippen molar-refractivity contribution in [3.05, 3.63) is 40.9 Å². The molecule has 0 unspecified atom stereocenters. The zero-order chi connectivity index (χ0) is 17.6. The van der Waals surface area contributed by atoms with Crippen molar-refractivity contribution < 1.29 is 9.47 Å². The molecule has 2 heterocycles. The van der Waals surface area contributed by atoms with Crippen LogP contribution in [0.4, 0.5) is 0 Å². The Morgan fingerprint density at radius 2 is 1.96 bits per heavy atom. The summed E-state index contributed by atoms with van der Waals surface area (Å²) in [5.74, 6) is 3.11. The topological polar surface area (TPSA) is 75.0 Å². The minimum atomic E-state index is 0.592. The van der Waals surface area contributed by atoms with Gasteiger partial charge in [0.25, 0.3) is 0 Å². The highest BCUT2D eigenvalue weighted by atomic mass is 32.2. The van der Waals surface area contributed by atoms with E-state index in [1.54, 1.807) is 37.3 Å². The number of nitrogens with zero attached hydrogens (tertiary/aromatic N) is 5. The van der Waals surface area contributed by atoms with E-state index in [2.05, 4.69) is 20.3 Å². The van der Waals surface area contributed by atoms with Gasteiger partial charge in [0.15, 0.2) is 10.2 Å². The van der Waals surface area contributed by atoms with Gasteiger partial charge >= 0.3 is 0 Å². The van der Waals surface area contributed by atoms with Gasteiger partial charge in [0.1, 0.15) is 16.6 Å². The molecular weight excluding hydrogens is 358 g/mol. The number of ether oxygens (including phenoxy) is 2. The number of rotatable bonds is 8. The van der Waals surface area contributed by atoms with E-state index in [1.165, 1.54) is 0 Å². The normalized spacial score (nSPS) is 11.0. The van der Waals surface area contributed by atoms with Crippen LogP contribution in [-0.4, -0.2) is 45.8 Å². The SMILES string of the molecule is COCCc1nc(CSc2nnc(C)s2)n(-c2ccc(OC)cc2)n1. The molecule has 1 aromatic carbocycles. The fourth-order valence-corrected chi connectivity index (χ4v) is 3.91. The Kier molecular flexibility index (Phi) is 6.00. The van der Waals surface area contributed by atoms with Crippen molar-refractivity contribution in [1.29, 1.82) is 0 Å². The van der Waals surface area contributed by atoms with Crippen molar-refractivity contribution in [3.63, 3.8) is 0 Å². The van der Waals surface area contributed by atoms with Crippen LogP contribution in [0.2, 0.25) is 0 Å². The minimum absolute atomic E-state index is 0.592. The molecule has 3 rings (SSSR count). The number of hydrogen-bond acceptors (Lipinski definition) is 8. The van der Waals surface area contributed by atoms with E-state index >= 15 is 0 Å². The zero-order valence-electron chi connectivity index (χ0n) is 14.3. The quantitative estimate of drug-likeness (QED) is 0.559. The summed E-state index contributed by atoms with van der Waals surface area (Å²) in [6.45, 7) is 2.54. The maximum absolute atomic E-state index is 5.22. The van der Waals surface area contributed by atoms with Crippen LogP contribution in [0, 0.1) is 6.92 Å². The van der Waals surface area contributed by atoms with Gasteiger partial charge in [-0.25, -0.2) is 9.67 Å². The average molecular weight is 377 g/mol. The molecule has 9 heteroatoms. The number of aromatic nitrogens is 5. The molecule has 25 heavy (non-hydrogen) atoms. The van der Waals surface area contributed by atoms with Gasteiger partial charge in [-0.15, -0.1) is 10.2 Å². The molecule has 3 aromatic rings. The fourth-order valence-electron chi connectivity index (χ4n) is 2.18. The molecule has 0 fully saturated rings. The van der Waals surface area contributed by atoms with Crippen molar-refractivity contribution in [2.24, 2.45) is 0 Å². The molecule has 132 valence electrons. The van der Waals surface area contributed by atoms with E-state index in [1.807, 2.05) is 35.9 Å². The third kappa shape index (κ3) is 4.56. The van der Waals surface area contributed by atoms with E-state index in [4.69, 9.17) is 9.47 Å². The summed E-state index contributed by atoms with van der Waals surface area (Å²) >= 11 is 3.19. The molecule has 0 aliphatic rings. The minimum Gasteiger partial charge on any atom is -0.497 e. The molecule has 0 saturated carbocycles. The first-order valence-electron chi connectivity index (χ1n) is 7.70. The second-order valence-electron chi connectivity index (χ2n) is 5.17. The van der Waals surface area contributed by atoms with Crippen LogP contribution in [0.15, 0.2) is 28.6 Å². The Morgan fingerprint density at radius 3 is 2.60 bits per heavy atom. The lowest BCUT2D eigenvalue weighted by molar-refractivity contribution is 0.200. The molecule has 0 N–H and O–H groups in total. The second kappa shape index (κ2) is 8.41. The predicted octanol–water partition coefficient (Wildman–Crippen LogP) is 2.92. The number of hydrogen-bond donors (Lipinski definition) is 0. The highest BCUT2D eigenvalue weighted by molar-refractivity contribution is 8.00.